The third-order valence-corrected chi connectivity index (χ3v) is 6.42. The molecule has 0 aliphatic rings. The largest absolute Gasteiger partial charge is 1.00 e. The second-order valence-electron chi connectivity index (χ2n) is 7.85. The fourth-order valence-electron chi connectivity index (χ4n) is 3.81. The average molecular weight is 579 g/mol. The zero-order chi connectivity index (χ0) is 22.4. The zero-order valence-electron chi connectivity index (χ0n) is 18.1. The van der Waals surface area contributed by atoms with Crippen LogP contribution in [0.5, 0.6) is 0 Å². The fourth-order valence-corrected chi connectivity index (χ4v) is 4.72. The van der Waals surface area contributed by atoms with Crippen molar-refractivity contribution in [2.24, 2.45) is 0 Å². The van der Waals surface area contributed by atoms with Crippen molar-refractivity contribution in [3.63, 3.8) is 0 Å². The highest BCUT2D eigenvalue weighted by atomic mass is 127. The number of unbranched alkanes of at least 4 members (excludes halogenated alkanes) is 2. The molecule has 0 amide bonds. The van der Waals surface area contributed by atoms with Gasteiger partial charge in [-0.2, -0.15) is 17.7 Å². The molecule has 0 saturated heterocycles. The summed E-state index contributed by atoms with van der Waals surface area (Å²) in [7, 11) is 0. The molecule has 1 nitrogen and oxygen atoms in total. The van der Waals surface area contributed by atoms with Crippen LogP contribution >= 0.6 is 11.8 Å². The second kappa shape index (κ2) is 11.9. The summed E-state index contributed by atoms with van der Waals surface area (Å²) in [6, 6.07) is 26.3. The number of hydrogen-bond donors (Lipinski definition) is 0. The number of aryl methyl sites for hydroxylation is 2. The summed E-state index contributed by atoms with van der Waals surface area (Å²) in [6.45, 7) is 0.913. The number of benzene rings is 3. The molecule has 0 atom stereocenters. The Bertz CT molecular complexity index is 1160. The van der Waals surface area contributed by atoms with Crippen LogP contribution in [0.4, 0.5) is 13.2 Å². The molecule has 4 rings (SSSR count). The van der Waals surface area contributed by atoms with Gasteiger partial charge < -0.3 is 24.0 Å². The molecule has 0 unspecified atom stereocenters. The van der Waals surface area contributed by atoms with E-state index in [2.05, 4.69) is 53.2 Å². The number of aromatic nitrogens is 1. The molecule has 0 bridgehead atoms. The van der Waals surface area contributed by atoms with Crippen molar-refractivity contribution in [1.29, 1.82) is 0 Å². The molecule has 33 heavy (non-hydrogen) atoms. The number of halogens is 4. The van der Waals surface area contributed by atoms with E-state index in [9.17, 15) is 13.2 Å². The Morgan fingerprint density at radius 3 is 2.15 bits per heavy atom. The quantitative estimate of drug-likeness (QED) is 0.166. The molecule has 172 valence electrons. The van der Waals surface area contributed by atoms with Gasteiger partial charge in [0.25, 0.3) is 0 Å². The van der Waals surface area contributed by atoms with Crippen molar-refractivity contribution in [2.45, 2.75) is 48.2 Å². The smallest absolute Gasteiger partial charge is 0.416 e. The van der Waals surface area contributed by atoms with E-state index in [0.717, 1.165) is 59.5 Å². The summed E-state index contributed by atoms with van der Waals surface area (Å²) in [5.41, 5.74) is 1.93. The maximum atomic E-state index is 12.8. The molecule has 3 aromatic carbocycles. The highest BCUT2D eigenvalue weighted by molar-refractivity contribution is 7.99. The first-order valence-corrected chi connectivity index (χ1v) is 11.6. The SMILES string of the molecule is FC(F)(F)c1ccc(Sc2cc3ccccc3[n+](CCCCCc3ccccc3)c2)cc1.[I-]. The van der Waals surface area contributed by atoms with Gasteiger partial charge in [0.1, 0.15) is 6.54 Å². The Labute approximate surface area is 214 Å². The first-order chi connectivity index (χ1) is 15.5. The van der Waals surface area contributed by atoms with Crippen LogP contribution in [-0.4, -0.2) is 0 Å². The molecular formula is C27H25F3INS. The van der Waals surface area contributed by atoms with E-state index < -0.39 is 11.7 Å². The van der Waals surface area contributed by atoms with Crippen LogP contribution in [0.25, 0.3) is 10.9 Å². The van der Waals surface area contributed by atoms with Crippen LogP contribution in [0.3, 0.4) is 0 Å². The summed E-state index contributed by atoms with van der Waals surface area (Å²) in [4.78, 5) is 1.82. The number of para-hydroxylation sites is 1. The number of rotatable bonds is 8. The van der Waals surface area contributed by atoms with Gasteiger partial charge in [0, 0.05) is 22.8 Å². The fraction of sp³-hybridized carbons (Fsp3) is 0.222. The number of alkyl halides is 3. The van der Waals surface area contributed by atoms with Gasteiger partial charge in [-0.3, -0.25) is 0 Å². The van der Waals surface area contributed by atoms with E-state index in [0.29, 0.717) is 0 Å². The molecule has 1 aromatic heterocycles. The van der Waals surface area contributed by atoms with Gasteiger partial charge >= 0.3 is 6.18 Å². The molecule has 0 aliphatic carbocycles. The second-order valence-corrected chi connectivity index (χ2v) is 9.00. The Morgan fingerprint density at radius 2 is 1.42 bits per heavy atom. The van der Waals surface area contributed by atoms with Crippen molar-refractivity contribution < 1.29 is 41.7 Å². The molecular weight excluding hydrogens is 554 g/mol. The number of pyridine rings is 1. The molecule has 4 aromatic rings. The van der Waals surface area contributed by atoms with Gasteiger partial charge in [0.15, 0.2) is 6.20 Å². The summed E-state index contributed by atoms with van der Waals surface area (Å²) < 4.78 is 40.8. The van der Waals surface area contributed by atoms with Crippen molar-refractivity contribution in [3.05, 3.63) is 102 Å². The summed E-state index contributed by atoms with van der Waals surface area (Å²) in [5, 5.41) is 1.13. The molecule has 1 heterocycles. The van der Waals surface area contributed by atoms with E-state index in [-0.39, 0.29) is 24.0 Å². The lowest BCUT2D eigenvalue weighted by molar-refractivity contribution is -0.673. The highest BCUT2D eigenvalue weighted by Crippen LogP contribution is 2.33. The Hall–Kier alpha value is -2.06. The van der Waals surface area contributed by atoms with Crippen molar-refractivity contribution in [3.8, 4) is 0 Å². The topological polar surface area (TPSA) is 3.88 Å². The average Bonchev–Trinajstić information content (AvgIpc) is 2.79. The third-order valence-electron chi connectivity index (χ3n) is 5.45. The van der Waals surface area contributed by atoms with Gasteiger partial charge in [-0.15, -0.1) is 0 Å². The molecule has 0 spiro atoms. The van der Waals surface area contributed by atoms with Crippen molar-refractivity contribution in [1.82, 2.24) is 0 Å². The van der Waals surface area contributed by atoms with Crippen LogP contribution in [-0.2, 0) is 19.1 Å². The third kappa shape index (κ3) is 7.21. The highest BCUT2D eigenvalue weighted by Gasteiger charge is 2.30. The monoisotopic (exact) mass is 579 g/mol. The molecule has 0 aliphatic heterocycles. The minimum Gasteiger partial charge on any atom is -1.00 e. The predicted molar refractivity (Wildman–Crippen MR) is 124 cm³/mol. The maximum Gasteiger partial charge on any atom is 0.416 e. The minimum absolute atomic E-state index is 0. The van der Waals surface area contributed by atoms with Gasteiger partial charge in [-0.05, 0) is 61.2 Å². The molecule has 0 radical (unpaired) electrons. The Kier molecular flexibility index (Phi) is 9.20. The van der Waals surface area contributed by atoms with E-state index in [1.807, 2.05) is 18.2 Å². The van der Waals surface area contributed by atoms with E-state index >= 15 is 0 Å². The lowest BCUT2D eigenvalue weighted by atomic mass is 10.1. The number of fused-ring (bicyclic) bond motifs is 1. The van der Waals surface area contributed by atoms with E-state index in [4.69, 9.17) is 0 Å². The summed E-state index contributed by atoms with van der Waals surface area (Å²) in [6.07, 6.45) is 2.28. The van der Waals surface area contributed by atoms with Crippen LogP contribution in [0.2, 0.25) is 0 Å². The summed E-state index contributed by atoms with van der Waals surface area (Å²) in [5.74, 6) is 0. The molecule has 6 heteroatoms. The first kappa shape index (κ1) is 25.6. The molecule has 0 N–H and O–H groups in total. The number of nitrogens with zero attached hydrogens (tertiary/aromatic N) is 1. The van der Waals surface area contributed by atoms with Crippen LogP contribution < -0.4 is 28.5 Å². The van der Waals surface area contributed by atoms with Gasteiger partial charge in [-0.25, -0.2) is 0 Å². The van der Waals surface area contributed by atoms with E-state index in [1.54, 1.807) is 0 Å². The normalized spacial score (nSPS) is 11.4. The predicted octanol–water partition coefficient (Wildman–Crippen LogP) is 4.71. The lowest BCUT2D eigenvalue weighted by Crippen LogP contribution is -3.00. The number of hydrogen-bond acceptors (Lipinski definition) is 1. The van der Waals surface area contributed by atoms with Gasteiger partial charge in [-0.1, -0.05) is 54.2 Å². The van der Waals surface area contributed by atoms with E-state index in [1.165, 1.54) is 35.0 Å². The molecule has 0 fully saturated rings. The van der Waals surface area contributed by atoms with Gasteiger partial charge in [0.2, 0.25) is 5.52 Å². The Balaban J connectivity index is 0.00000306. The summed E-state index contributed by atoms with van der Waals surface area (Å²) >= 11 is 1.49. The molecule has 0 saturated carbocycles. The maximum absolute atomic E-state index is 12.8. The minimum atomic E-state index is -4.31. The van der Waals surface area contributed by atoms with Crippen molar-refractivity contribution in [2.75, 3.05) is 0 Å². The first-order valence-electron chi connectivity index (χ1n) is 10.8. The Morgan fingerprint density at radius 1 is 0.727 bits per heavy atom. The van der Waals surface area contributed by atoms with Crippen LogP contribution in [0.15, 0.2) is 101 Å². The standard InChI is InChI=1S/C27H25F3NS.HI/c28-27(29,30)23-14-16-24(17-15-23)32-25-19-22-12-6-7-13-26(22)31(20-25)18-8-2-5-11-21-9-3-1-4-10-21;/h1,3-4,6-7,9-10,12-17,19-20H,2,5,8,11,18H2;1H/q+1;/p-1. The van der Waals surface area contributed by atoms with Crippen LogP contribution in [0, 0.1) is 0 Å². The van der Waals surface area contributed by atoms with Crippen molar-refractivity contribution >= 4 is 22.7 Å². The lowest BCUT2D eigenvalue weighted by Gasteiger charge is -2.08. The van der Waals surface area contributed by atoms with Crippen LogP contribution in [0.1, 0.15) is 30.4 Å². The zero-order valence-corrected chi connectivity index (χ0v) is 21.0. The van der Waals surface area contributed by atoms with Gasteiger partial charge in [0.05, 0.1) is 10.5 Å².